The third kappa shape index (κ3) is 7.24. The molecule has 4 N–H and O–H groups in total. The Labute approximate surface area is 91.8 Å². The first kappa shape index (κ1) is 13.8. The zero-order valence-corrected chi connectivity index (χ0v) is 8.96. The van der Waals surface area contributed by atoms with E-state index in [-0.39, 0.29) is 13.3 Å². The lowest BCUT2D eigenvalue weighted by Crippen LogP contribution is -2.46. The summed E-state index contributed by atoms with van der Waals surface area (Å²) in [4.78, 5) is 32.1. The van der Waals surface area contributed by atoms with Crippen LogP contribution in [0.25, 0.3) is 0 Å². The molecular formula is C7H14N4O5. The number of ether oxygens (including phenoxy) is 2. The molecule has 0 bridgehead atoms. The van der Waals surface area contributed by atoms with E-state index in [1.165, 1.54) is 14.2 Å². The van der Waals surface area contributed by atoms with Gasteiger partial charge in [0, 0.05) is 0 Å². The number of nitrogens with one attached hydrogen (secondary N) is 4. The molecule has 0 rings (SSSR count). The van der Waals surface area contributed by atoms with Gasteiger partial charge in [0.2, 0.25) is 0 Å². The third-order valence-electron chi connectivity index (χ3n) is 1.33. The summed E-state index contributed by atoms with van der Waals surface area (Å²) in [7, 11) is 2.41. The summed E-state index contributed by atoms with van der Waals surface area (Å²) in [5.41, 5.74) is 0. The lowest BCUT2D eigenvalue weighted by molar-refractivity contribution is 0.170. The number of amides is 4. The van der Waals surface area contributed by atoms with Crippen molar-refractivity contribution in [1.82, 2.24) is 21.3 Å². The van der Waals surface area contributed by atoms with Gasteiger partial charge < -0.3 is 30.7 Å². The van der Waals surface area contributed by atoms with E-state index in [9.17, 15) is 14.4 Å². The van der Waals surface area contributed by atoms with Crippen molar-refractivity contribution in [2.75, 3.05) is 27.6 Å². The van der Waals surface area contributed by atoms with Gasteiger partial charge in [-0.05, 0) is 0 Å². The van der Waals surface area contributed by atoms with E-state index >= 15 is 0 Å². The Kier molecular flexibility index (Phi) is 7.03. The summed E-state index contributed by atoms with van der Waals surface area (Å²) in [6, 6.07) is -0.562. The minimum Gasteiger partial charge on any atom is -0.453 e. The summed E-state index contributed by atoms with van der Waals surface area (Å²) in [6.07, 6.45) is -1.32. The lowest BCUT2D eigenvalue weighted by atomic mass is 10.8. The summed E-state index contributed by atoms with van der Waals surface area (Å²) in [5, 5.41) is 9.03. The van der Waals surface area contributed by atoms with Crippen LogP contribution in [0.4, 0.5) is 14.4 Å². The SMILES string of the molecule is COC(=O)NCNC(=O)NCNC(=O)OC. The Morgan fingerprint density at radius 3 is 1.50 bits per heavy atom. The first-order valence-corrected chi connectivity index (χ1v) is 4.25. The highest BCUT2D eigenvalue weighted by atomic mass is 16.5. The van der Waals surface area contributed by atoms with Crippen molar-refractivity contribution < 1.29 is 23.9 Å². The average molecular weight is 234 g/mol. The van der Waals surface area contributed by atoms with Crippen LogP contribution >= 0.6 is 0 Å². The molecule has 16 heavy (non-hydrogen) atoms. The van der Waals surface area contributed by atoms with Crippen LogP contribution < -0.4 is 21.3 Å². The van der Waals surface area contributed by atoms with E-state index in [0.29, 0.717) is 0 Å². The van der Waals surface area contributed by atoms with Gasteiger partial charge in [0.15, 0.2) is 0 Å². The molecule has 0 aliphatic carbocycles. The number of alkyl carbamates (subject to hydrolysis) is 2. The Morgan fingerprint density at radius 1 is 0.812 bits per heavy atom. The molecule has 0 fully saturated rings. The van der Waals surface area contributed by atoms with Crippen molar-refractivity contribution in [1.29, 1.82) is 0 Å². The molecule has 0 atom stereocenters. The van der Waals surface area contributed by atoms with Crippen molar-refractivity contribution >= 4 is 18.2 Å². The second kappa shape index (κ2) is 8.15. The zero-order chi connectivity index (χ0) is 12.4. The molecule has 0 heterocycles. The zero-order valence-electron chi connectivity index (χ0n) is 8.96. The van der Waals surface area contributed by atoms with Crippen LogP contribution in [0, 0.1) is 0 Å². The minimum absolute atomic E-state index is 0.0866. The number of hydrogen-bond donors (Lipinski definition) is 4. The molecule has 0 saturated heterocycles. The maximum atomic E-state index is 11.0. The van der Waals surface area contributed by atoms with E-state index < -0.39 is 18.2 Å². The molecular weight excluding hydrogens is 220 g/mol. The molecule has 0 spiro atoms. The predicted octanol–water partition coefficient (Wildman–Crippen LogP) is -1.09. The van der Waals surface area contributed by atoms with Gasteiger partial charge in [-0.2, -0.15) is 0 Å². The van der Waals surface area contributed by atoms with Crippen molar-refractivity contribution in [2.45, 2.75) is 0 Å². The second-order valence-corrected chi connectivity index (χ2v) is 2.37. The molecule has 0 saturated carbocycles. The average Bonchev–Trinajstić information content (AvgIpc) is 2.28. The van der Waals surface area contributed by atoms with E-state index in [2.05, 4.69) is 30.7 Å². The van der Waals surface area contributed by atoms with Crippen LogP contribution in [-0.4, -0.2) is 45.8 Å². The van der Waals surface area contributed by atoms with Crippen LogP contribution in [0.2, 0.25) is 0 Å². The van der Waals surface area contributed by atoms with E-state index in [1.807, 2.05) is 0 Å². The molecule has 9 nitrogen and oxygen atoms in total. The molecule has 92 valence electrons. The standard InChI is InChI=1S/C7H14N4O5/c1-15-6(13)10-3-8-5(12)9-4-11-7(14)16-2/h3-4H2,1-2H3,(H,10,13)(H,11,14)(H2,8,9,12). The van der Waals surface area contributed by atoms with Crippen molar-refractivity contribution in [3.8, 4) is 0 Å². The topological polar surface area (TPSA) is 118 Å². The Balaban J connectivity index is 3.45. The monoisotopic (exact) mass is 234 g/mol. The first-order chi connectivity index (χ1) is 7.60. The van der Waals surface area contributed by atoms with Crippen molar-refractivity contribution in [3.05, 3.63) is 0 Å². The number of urea groups is 1. The number of carbonyl (C=O) groups is 3. The van der Waals surface area contributed by atoms with Crippen molar-refractivity contribution in [3.63, 3.8) is 0 Å². The minimum atomic E-state index is -0.659. The molecule has 0 aromatic heterocycles. The molecule has 0 aliphatic heterocycles. The van der Waals surface area contributed by atoms with Gasteiger partial charge in [0.05, 0.1) is 27.6 Å². The van der Waals surface area contributed by atoms with Gasteiger partial charge in [0.25, 0.3) is 0 Å². The smallest absolute Gasteiger partial charge is 0.408 e. The van der Waals surface area contributed by atoms with Gasteiger partial charge in [-0.1, -0.05) is 0 Å². The Morgan fingerprint density at radius 2 is 1.19 bits per heavy atom. The van der Waals surface area contributed by atoms with Gasteiger partial charge >= 0.3 is 18.2 Å². The van der Waals surface area contributed by atoms with Crippen LogP contribution in [0.15, 0.2) is 0 Å². The van der Waals surface area contributed by atoms with Crippen LogP contribution in [0.5, 0.6) is 0 Å². The van der Waals surface area contributed by atoms with Gasteiger partial charge in [-0.15, -0.1) is 0 Å². The quantitative estimate of drug-likeness (QED) is 0.461. The van der Waals surface area contributed by atoms with Crippen LogP contribution in [0.1, 0.15) is 0 Å². The first-order valence-electron chi connectivity index (χ1n) is 4.25. The number of rotatable bonds is 4. The maximum Gasteiger partial charge on any atom is 0.408 e. The molecule has 0 aliphatic rings. The second-order valence-electron chi connectivity index (χ2n) is 2.37. The molecule has 4 amide bonds. The van der Waals surface area contributed by atoms with Crippen LogP contribution in [-0.2, 0) is 9.47 Å². The summed E-state index contributed by atoms with van der Waals surface area (Å²) < 4.78 is 8.53. The molecule has 9 heteroatoms. The Hall–Kier alpha value is -2.19. The van der Waals surface area contributed by atoms with E-state index in [0.717, 1.165) is 0 Å². The fourth-order valence-corrected chi connectivity index (χ4v) is 0.600. The summed E-state index contributed by atoms with van der Waals surface area (Å²) in [6.45, 7) is -0.173. The number of methoxy groups -OCH3 is 2. The summed E-state index contributed by atoms with van der Waals surface area (Å²) >= 11 is 0. The third-order valence-corrected chi connectivity index (χ3v) is 1.33. The lowest BCUT2D eigenvalue weighted by Gasteiger charge is -2.08. The van der Waals surface area contributed by atoms with Gasteiger partial charge in [-0.3, -0.25) is 0 Å². The molecule has 0 unspecified atom stereocenters. The number of carbonyl (C=O) groups excluding carboxylic acids is 3. The van der Waals surface area contributed by atoms with E-state index in [1.54, 1.807) is 0 Å². The number of hydrogen-bond acceptors (Lipinski definition) is 5. The fraction of sp³-hybridized carbons (Fsp3) is 0.571. The van der Waals surface area contributed by atoms with Crippen LogP contribution in [0.3, 0.4) is 0 Å². The highest BCUT2D eigenvalue weighted by Crippen LogP contribution is 1.70. The largest absolute Gasteiger partial charge is 0.453 e. The van der Waals surface area contributed by atoms with Gasteiger partial charge in [0.1, 0.15) is 0 Å². The predicted molar refractivity (Wildman–Crippen MR) is 52.5 cm³/mol. The molecule has 0 radical (unpaired) electrons. The highest BCUT2D eigenvalue weighted by molar-refractivity contribution is 5.75. The Bertz CT molecular complexity index is 233. The molecule has 0 aromatic carbocycles. The van der Waals surface area contributed by atoms with Crippen molar-refractivity contribution in [2.24, 2.45) is 0 Å². The normalized spacial score (nSPS) is 8.62. The molecule has 0 aromatic rings. The van der Waals surface area contributed by atoms with E-state index in [4.69, 9.17) is 0 Å². The maximum absolute atomic E-state index is 11.0. The van der Waals surface area contributed by atoms with Gasteiger partial charge in [-0.25, -0.2) is 14.4 Å². The fourth-order valence-electron chi connectivity index (χ4n) is 0.600. The summed E-state index contributed by atoms with van der Waals surface area (Å²) in [5.74, 6) is 0. The highest BCUT2D eigenvalue weighted by Gasteiger charge is 2.02.